The van der Waals surface area contributed by atoms with Gasteiger partial charge in [-0.15, -0.1) is 0 Å². The molecule has 0 aliphatic heterocycles. The lowest BCUT2D eigenvalue weighted by molar-refractivity contribution is 0.0734. The molecular formula is C31H34O2. The highest BCUT2D eigenvalue weighted by Gasteiger charge is 2.09. The van der Waals surface area contributed by atoms with Crippen LogP contribution in [0.4, 0.5) is 0 Å². The first-order valence-electron chi connectivity index (χ1n) is 11.9. The number of rotatable bonds is 11. The number of hydrogen-bond acceptors (Lipinski definition) is 2. The molecule has 0 spiro atoms. The first-order valence-corrected chi connectivity index (χ1v) is 11.9. The van der Waals surface area contributed by atoms with Gasteiger partial charge in [-0.3, -0.25) is 0 Å². The molecule has 0 amide bonds. The number of allylic oxidation sites excluding steroid dienone is 4. The van der Waals surface area contributed by atoms with Crippen LogP contribution in [0.2, 0.25) is 0 Å². The van der Waals surface area contributed by atoms with Crippen molar-refractivity contribution in [3.63, 3.8) is 0 Å². The van der Waals surface area contributed by atoms with Crippen molar-refractivity contribution in [2.45, 2.75) is 52.4 Å². The molecule has 0 unspecified atom stereocenters. The highest BCUT2D eigenvalue weighted by Crippen LogP contribution is 2.17. The molecule has 0 radical (unpaired) electrons. The van der Waals surface area contributed by atoms with Gasteiger partial charge in [-0.25, -0.2) is 4.79 Å². The van der Waals surface area contributed by atoms with Crippen molar-refractivity contribution < 1.29 is 9.53 Å². The van der Waals surface area contributed by atoms with Gasteiger partial charge >= 0.3 is 5.97 Å². The summed E-state index contributed by atoms with van der Waals surface area (Å²) >= 11 is 0. The zero-order valence-electron chi connectivity index (χ0n) is 19.8. The van der Waals surface area contributed by atoms with E-state index in [1.807, 2.05) is 55.5 Å². The summed E-state index contributed by atoms with van der Waals surface area (Å²) in [6.45, 7) is 4.09. The number of ether oxygens (including phenoxy) is 1. The maximum absolute atomic E-state index is 12.5. The summed E-state index contributed by atoms with van der Waals surface area (Å²) in [6.07, 6.45) is 14.6. The van der Waals surface area contributed by atoms with Gasteiger partial charge in [0, 0.05) is 0 Å². The Kier molecular flexibility index (Phi) is 9.72. The van der Waals surface area contributed by atoms with Crippen molar-refractivity contribution in [2.75, 3.05) is 0 Å². The molecule has 33 heavy (non-hydrogen) atoms. The molecule has 0 aliphatic carbocycles. The maximum atomic E-state index is 12.5. The lowest BCUT2D eigenvalue weighted by atomic mass is 10.0. The number of hydrogen-bond donors (Lipinski definition) is 0. The number of benzene rings is 3. The molecule has 0 saturated carbocycles. The molecule has 3 rings (SSSR count). The van der Waals surface area contributed by atoms with Crippen LogP contribution in [0.3, 0.4) is 0 Å². The quantitative estimate of drug-likeness (QED) is 0.174. The van der Waals surface area contributed by atoms with E-state index in [-0.39, 0.29) is 5.97 Å². The van der Waals surface area contributed by atoms with E-state index in [2.05, 4.69) is 55.5 Å². The number of carbonyl (C=O) groups is 1. The van der Waals surface area contributed by atoms with E-state index < -0.39 is 0 Å². The van der Waals surface area contributed by atoms with Gasteiger partial charge in [0.25, 0.3) is 0 Å². The fraction of sp³-hybridized carbons (Fsp3) is 0.258. The van der Waals surface area contributed by atoms with Crippen molar-refractivity contribution in [2.24, 2.45) is 0 Å². The number of aryl methyl sites for hydroxylation is 4. The lowest BCUT2D eigenvalue weighted by Gasteiger charge is -2.07. The Hall–Kier alpha value is -3.39. The van der Waals surface area contributed by atoms with E-state index in [1.165, 1.54) is 22.3 Å². The third kappa shape index (κ3) is 8.23. The first-order chi connectivity index (χ1) is 16.2. The fourth-order valence-corrected chi connectivity index (χ4v) is 3.69. The van der Waals surface area contributed by atoms with Crippen LogP contribution in [0.25, 0.3) is 0 Å². The minimum Gasteiger partial charge on any atom is -0.423 e. The predicted octanol–water partition coefficient (Wildman–Crippen LogP) is 7.71. The molecule has 0 aliphatic rings. The minimum absolute atomic E-state index is 0.322. The zero-order chi connectivity index (χ0) is 23.3. The van der Waals surface area contributed by atoms with Crippen LogP contribution < -0.4 is 4.74 Å². The Morgan fingerprint density at radius 3 is 1.45 bits per heavy atom. The minimum atomic E-state index is -0.322. The predicted molar refractivity (Wildman–Crippen MR) is 138 cm³/mol. The van der Waals surface area contributed by atoms with Gasteiger partial charge < -0.3 is 4.74 Å². The third-order valence-electron chi connectivity index (χ3n) is 5.72. The summed E-state index contributed by atoms with van der Waals surface area (Å²) in [5.41, 5.74) is 5.74. The molecule has 3 aromatic rings. The van der Waals surface area contributed by atoms with Crippen LogP contribution in [0, 0.1) is 0 Å². The van der Waals surface area contributed by atoms with Crippen LogP contribution in [0.15, 0.2) is 97.1 Å². The van der Waals surface area contributed by atoms with Gasteiger partial charge in [0.05, 0.1) is 5.56 Å². The van der Waals surface area contributed by atoms with Gasteiger partial charge in [-0.1, -0.05) is 72.8 Å². The SMILES string of the molecule is C/C=C/CCc1ccc(CCc2ccc(C(=O)Oc3ccc(CC/C=C/C)cc3)cc2)cc1. The summed E-state index contributed by atoms with van der Waals surface area (Å²) in [5, 5.41) is 0. The van der Waals surface area contributed by atoms with E-state index in [9.17, 15) is 4.79 Å². The van der Waals surface area contributed by atoms with Crippen molar-refractivity contribution in [1.82, 2.24) is 0 Å². The summed E-state index contributed by atoms with van der Waals surface area (Å²) < 4.78 is 5.54. The second-order valence-corrected chi connectivity index (χ2v) is 8.26. The Morgan fingerprint density at radius 2 is 1.00 bits per heavy atom. The summed E-state index contributed by atoms with van der Waals surface area (Å²) in [5.74, 6) is 0.254. The number of esters is 1. The second kappa shape index (κ2) is 13.2. The molecule has 0 heterocycles. The monoisotopic (exact) mass is 438 g/mol. The summed E-state index contributed by atoms with van der Waals surface area (Å²) in [6, 6.07) is 24.4. The summed E-state index contributed by atoms with van der Waals surface area (Å²) in [4.78, 5) is 12.5. The first kappa shape index (κ1) is 24.3. The van der Waals surface area contributed by atoms with Gasteiger partial charge in [0.1, 0.15) is 5.75 Å². The van der Waals surface area contributed by atoms with E-state index in [0.29, 0.717) is 11.3 Å². The van der Waals surface area contributed by atoms with Crippen LogP contribution in [0.5, 0.6) is 5.75 Å². The molecule has 0 bridgehead atoms. The molecule has 0 atom stereocenters. The molecular weight excluding hydrogens is 404 g/mol. The topological polar surface area (TPSA) is 26.3 Å². The lowest BCUT2D eigenvalue weighted by Crippen LogP contribution is -2.08. The molecule has 0 fully saturated rings. The summed E-state index contributed by atoms with van der Waals surface area (Å²) in [7, 11) is 0. The molecule has 0 aromatic heterocycles. The van der Waals surface area contributed by atoms with Crippen molar-refractivity contribution in [3.8, 4) is 5.75 Å². The second-order valence-electron chi connectivity index (χ2n) is 8.26. The maximum Gasteiger partial charge on any atom is 0.343 e. The van der Waals surface area contributed by atoms with Gasteiger partial charge in [0.2, 0.25) is 0 Å². The molecule has 2 heteroatoms. The smallest absolute Gasteiger partial charge is 0.343 e. The largest absolute Gasteiger partial charge is 0.423 e. The third-order valence-corrected chi connectivity index (χ3v) is 5.72. The molecule has 0 N–H and O–H groups in total. The normalized spacial score (nSPS) is 11.3. The van der Waals surface area contributed by atoms with E-state index in [0.717, 1.165) is 38.5 Å². The zero-order valence-corrected chi connectivity index (χ0v) is 19.8. The molecule has 170 valence electrons. The van der Waals surface area contributed by atoms with Gasteiger partial charge in [-0.2, -0.15) is 0 Å². The Labute approximate surface area is 198 Å². The van der Waals surface area contributed by atoms with Gasteiger partial charge in [-0.05, 0) is 98.9 Å². The highest BCUT2D eigenvalue weighted by molar-refractivity contribution is 5.91. The number of carbonyl (C=O) groups excluding carboxylic acids is 1. The van der Waals surface area contributed by atoms with Crippen LogP contribution in [-0.4, -0.2) is 5.97 Å². The van der Waals surface area contributed by atoms with Crippen molar-refractivity contribution >= 4 is 5.97 Å². The molecule has 3 aromatic carbocycles. The average Bonchev–Trinajstić information content (AvgIpc) is 2.85. The van der Waals surface area contributed by atoms with Crippen LogP contribution in [-0.2, 0) is 25.7 Å². The van der Waals surface area contributed by atoms with Crippen molar-refractivity contribution in [1.29, 1.82) is 0 Å². The Balaban J connectivity index is 1.47. The standard InChI is InChI=1S/C31H34O2/c1-3-5-7-9-25-11-13-27(14-12-25)15-16-28-17-21-29(22-18-28)31(32)33-30-23-19-26(20-24-30)10-8-6-4-2/h3-6,11-14,17-24H,7-10,15-16H2,1-2H3/b5-3+,6-4+. The van der Waals surface area contributed by atoms with Crippen LogP contribution in [0.1, 0.15) is 59.3 Å². The molecule has 0 saturated heterocycles. The van der Waals surface area contributed by atoms with E-state index in [4.69, 9.17) is 4.74 Å². The van der Waals surface area contributed by atoms with Crippen LogP contribution >= 0.6 is 0 Å². The Bertz CT molecular complexity index is 1040. The highest BCUT2D eigenvalue weighted by atomic mass is 16.5. The van der Waals surface area contributed by atoms with E-state index >= 15 is 0 Å². The van der Waals surface area contributed by atoms with Gasteiger partial charge in [0.15, 0.2) is 0 Å². The Morgan fingerprint density at radius 1 is 0.606 bits per heavy atom. The van der Waals surface area contributed by atoms with Crippen molar-refractivity contribution in [3.05, 3.63) is 125 Å². The van der Waals surface area contributed by atoms with E-state index in [1.54, 1.807) is 0 Å². The fourth-order valence-electron chi connectivity index (χ4n) is 3.69. The molecule has 2 nitrogen and oxygen atoms in total. The average molecular weight is 439 g/mol.